The van der Waals surface area contributed by atoms with Crippen LogP contribution in [0, 0.1) is 0 Å². The van der Waals surface area contributed by atoms with E-state index in [4.69, 9.17) is 11.5 Å². The van der Waals surface area contributed by atoms with E-state index in [0.29, 0.717) is 24.3 Å². The first kappa shape index (κ1) is 14.5. The van der Waals surface area contributed by atoms with E-state index >= 15 is 0 Å². The lowest BCUT2D eigenvalue weighted by atomic mass is 10.1. The van der Waals surface area contributed by atoms with Crippen LogP contribution in [0.5, 0.6) is 0 Å². The van der Waals surface area contributed by atoms with Crippen LogP contribution in [0.25, 0.3) is 0 Å². The lowest BCUT2D eigenvalue weighted by molar-refractivity contribution is 0.0425. The number of aliphatic hydroxyl groups is 1. The van der Waals surface area contributed by atoms with Crippen molar-refractivity contribution in [2.75, 3.05) is 19.3 Å². The molecule has 0 spiro atoms. The summed E-state index contributed by atoms with van der Waals surface area (Å²) in [7, 11) is 1.90. The summed E-state index contributed by atoms with van der Waals surface area (Å²) in [4.78, 5) is 13.0. The number of nitrogen functional groups attached to an aromatic ring is 1. The fraction of sp³-hybridized carbons (Fsp3) is 0.462. The standard InChI is InChI=1S/C13H21N3O2/c1-13(2,18)8-16(3)7-10-5-4-9(12(15)17)6-11(10)14/h4-6,18H,7-8,14H2,1-3H3,(H2,15,17). The molecule has 0 bridgehead atoms. The van der Waals surface area contributed by atoms with Crippen molar-refractivity contribution in [2.45, 2.75) is 26.0 Å². The van der Waals surface area contributed by atoms with E-state index in [1.807, 2.05) is 11.9 Å². The summed E-state index contributed by atoms with van der Waals surface area (Å²) in [5.41, 5.74) is 12.1. The monoisotopic (exact) mass is 251 g/mol. The fourth-order valence-electron chi connectivity index (χ4n) is 1.90. The van der Waals surface area contributed by atoms with E-state index < -0.39 is 11.5 Å². The summed E-state index contributed by atoms with van der Waals surface area (Å²) < 4.78 is 0. The van der Waals surface area contributed by atoms with Crippen molar-refractivity contribution in [2.24, 2.45) is 5.73 Å². The highest BCUT2D eigenvalue weighted by Crippen LogP contribution is 2.17. The predicted molar refractivity (Wildman–Crippen MR) is 72.0 cm³/mol. The lowest BCUT2D eigenvalue weighted by Crippen LogP contribution is -2.35. The van der Waals surface area contributed by atoms with Crippen molar-refractivity contribution in [1.29, 1.82) is 0 Å². The van der Waals surface area contributed by atoms with Gasteiger partial charge in [0.15, 0.2) is 0 Å². The minimum atomic E-state index is -0.753. The van der Waals surface area contributed by atoms with E-state index in [1.54, 1.807) is 32.0 Å². The summed E-state index contributed by atoms with van der Waals surface area (Å²) in [5.74, 6) is -0.488. The zero-order valence-electron chi connectivity index (χ0n) is 11.1. The van der Waals surface area contributed by atoms with Crippen LogP contribution in [0.15, 0.2) is 18.2 Å². The van der Waals surface area contributed by atoms with Gasteiger partial charge in [-0.05, 0) is 38.6 Å². The number of benzene rings is 1. The maximum atomic E-state index is 11.0. The summed E-state index contributed by atoms with van der Waals surface area (Å²) in [6, 6.07) is 5.03. The Balaban J connectivity index is 2.77. The van der Waals surface area contributed by atoms with Crippen LogP contribution in [0.1, 0.15) is 29.8 Å². The van der Waals surface area contributed by atoms with Gasteiger partial charge in [0.1, 0.15) is 0 Å². The van der Waals surface area contributed by atoms with Gasteiger partial charge >= 0.3 is 0 Å². The number of nitrogens with zero attached hydrogens (tertiary/aromatic N) is 1. The number of hydrogen-bond acceptors (Lipinski definition) is 4. The molecule has 0 aromatic heterocycles. The summed E-state index contributed by atoms with van der Waals surface area (Å²) >= 11 is 0. The molecule has 18 heavy (non-hydrogen) atoms. The average molecular weight is 251 g/mol. The van der Waals surface area contributed by atoms with Crippen molar-refractivity contribution in [1.82, 2.24) is 4.90 Å². The highest BCUT2D eigenvalue weighted by Gasteiger charge is 2.16. The van der Waals surface area contributed by atoms with Crippen molar-refractivity contribution in [3.8, 4) is 0 Å². The van der Waals surface area contributed by atoms with Crippen LogP contribution in [-0.4, -0.2) is 35.1 Å². The molecule has 0 saturated carbocycles. The first-order valence-corrected chi connectivity index (χ1v) is 5.78. The predicted octanol–water partition coefficient (Wildman–Crippen LogP) is 0.570. The quantitative estimate of drug-likeness (QED) is 0.667. The smallest absolute Gasteiger partial charge is 0.248 e. The Morgan fingerprint density at radius 3 is 2.50 bits per heavy atom. The van der Waals surface area contributed by atoms with Gasteiger partial charge in [0, 0.05) is 24.3 Å². The number of nitrogens with two attached hydrogens (primary N) is 2. The van der Waals surface area contributed by atoms with E-state index in [0.717, 1.165) is 5.56 Å². The molecule has 0 saturated heterocycles. The van der Waals surface area contributed by atoms with Gasteiger partial charge in [-0.25, -0.2) is 0 Å². The van der Waals surface area contributed by atoms with Gasteiger partial charge < -0.3 is 16.6 Å². The molecule has 1 aromatic carbocycles. The van der Waals surface area contributed by atoms with Gasteiger partial charge in [-0.15, -0.1) is 0 Å². The lowest BCUT2D eigenvalue weighted by Gasteiger charge is -2.25. The molecule has 1 rings (SSSR count). The van der Waals surface area contributed by atoms with Gasteiger partial charge in [-0.2, -0.15) is 0 Å². The number of rotatable bonds is 5. The summed E-state index contributed by atoms with van der Waals surface area (Å²) in [5, 5.41) is 9.72. The number of carbonyl (C=O) groups excluding carboxylic acids is 1. The largest absolute Gasteiger partial charge is 0.398 e. The van der Waals surface area contributed by atoms with Crippen molar-refractivity contribution in [3.05, 3.63) is 29.3 Å². The highest BCUT2D eigenvalue weighted by molar-refractivity contribution is 5.93. The molecule has 100 valence electrons. The molecule has 0 aliphatic rings. The van der Waals surface area contributed by atoms with E-state index in [9.17, 15) is 9.90 Å². The fourth-order valence-corrected chi connectivity index (χ4v) is 1.90. The molecule has 0 radical (unpaired) electrons. The Morgan fingerprint density at radius 2 is 2.06 bits per heavy atom. The number of carbonyl (C=O) groups is 1. The maximum absolute atomic E-state index is 11.0. The zero-order chi connectivity index (χ0) is 13.9. The third-order valence-corrected chi connectivity index (χ3v) is 2.53. The first-order chi connectivity index (χ1) is 8.19. The second-order valence-electron chi connectivity index (χ2n) is 5.26. The van der Waals surface area contributed by atoms with Gasteiger partial charge in [0.2, 0.25) is 5.91 Å². The van der Waals surface area contributed by atoms with Gasteiger partial charge in [-0.3, -0.25) is 9.69 Å². The molecule has 0 heterocycles. The SMILES string of the molecule is CN(Cc1ccc(C(N)=O)cc1N)CC(C)(C)O. The molecule has 0 unspecified atom stereocenters. The number of anilines is 1. The normalized spacial score (nSPS) is 11.8. The molecule has 0 aliphatic heterocycles. The first-order valence-electron chi connectivity index (χ1n) is 5.78. The van der Waals surface area contributed by atoms with Gasteiger partial charge in [0.25, 0.3) is 0 Å². The third kappa shape index (κ3) is 4.35. The Hall–Kier alpha value is -1.59. The van der Waals surface area contributed by atoms with Crippen LogP contribution < -0.4 is 11.5 Å². The molecule has 0 fully saturated rings. The molecule has 5 nitrogen and oxygen atoms in total. The second kappa shape index (κ2) is 5.37. The number of primary amides is 1. The Bertz CT molecular complexity index is 438. The summed E-state index contributed by atoms with van der Waals surface area (Å²) in [6.45, 7) is 4.64. The Kier molecular flexibility index (Phi) is 4.32. The van der Waals surface area contributed by atoms with Crippen LogP contribution in [0.3, 0.4) is 0 Å². The number of hydrogen-bond donors (Lipinski definition) is 3. The summed E-state index contributed by atoms with van der Waals surface area (Å²) in [6.07, 6.45) is 0. The second-order valence-corrected chi connectivity index (χ2v) is 5.26. The van der Waals surface area contributed by atoms with Crippen LogP contribution in [0.4, 0.5) is 5.69 Å². The van der Waals surface area contributed by atoms with Crippen molar-refractivity contribution >= 4 is 11.6 Å². The molecular weight excluding hydrogens is 230 g/mol. The van der Waals surface area contributed by atoms with E-state index in [-0.39, 0.29) is 0 Å². The number of likely N-dealkylation sites (N-methyl/N-ethyl adjacent to an activating group) is 1. The van der Waals surface area contributed by atoms with Crippen LogP contribution >= 0.6 is 0 Å². The van der Waals surface area contributed by atoms with E-state index in [1.165, 1.54) is 0 Å². The molecule has 1 aromatic rings. The third-order valence-electron chi connectivity index (χ3n) is 2.53. The van der Waals surface area contributed by atoms with Crippen molar-refractivity contribution in [3.63, 3.8) is 0 Å². The molecule has 0 aliphatic carbocycles. The van der Waals surface area contributed by atoms with Crippen LogP contribution in [-0.2, 0) is 6.54 Å². The minimum absolute atomic E-state index is 0.404. The maximum Gasteiger partial charge on any atom is 0.248 e. The Labute approximate surface area is 107 Å². The van der Waals surface area contributed by atoms with Crippen molar-refractivity contribution < 1.29 is 9.90 Å². The molecule has 5 N–H and O–H groups in total. The van der Waals surface area contributed by atoms with E-state index in [2.05, 4.69) is 0 Å². The van der Waals surface area contributed by atoms with Gasteiger partial charge in [-0.1, -0.05) is 6.07 Å². The minimum Gasteiger partial charge on any atom is -0.398 e. The average Bonchev–Trinajstić information content (AvgIpc) is 2.17. The van der Waals surface area contributed by atoms with Crippen LogP contribution in [0.2, 0.25) is 0 Å². The highest BCUT2D eigenvalue weighted by atomic mass is 16.3. The topological polar surface area (TPSA) is 92.6 Å². The molecule has 0 atom stereocenters. The zero-order valence-corrected chi connectivity index (χ0v) is 11.1. The Morgan fingerprint density at radius 1 is 1.44 bits per heavy atom. The molecular formula is C13H21N3O2. The molecule has 5 heteroatoms. The number of amides is 1. The molecule has 1 amide bonds. The van der Waals surface area contributed by atoms with Gasteiger partial charge in [0.05, 0.1) is 5.60 Å².